The van der Waals surface area contributed by atoms with Crippen molar-refractivity contribution < 1.29 is 0 Å². The molecule has 0 spiro atoms. The Morgan fingerprint density at radius 1 is 1.21 bits per heavy atom. The van der Waals surface area contributed by atoms with Crippen molar-refractivity contribution in [1.82, 2.24) is 9.55 Å². The summed E-state index contributed by atoms with van der Waals surface area (Å²) in [5.74, 6) is 3.32. The predicted octanol–water partition coefficient (Wildman–Crippen LogP) is 4.61. The van der Waals surface area contributed by atoms with Gasteiger partial charge in [-0.3, -0.25) is 0 Å². The average Bonchev–Trinajstić information content (AvgIpc) is 2.99. The van der Waals surface area contributed by atoms with Crippen LogP contribution in [0.15, 0.2) is 0 Å². The fraction of sp³-hybridized carbons (Fsp3) is 0.812. The first-order valence-corrected chi connectivity index (χ1v) is 7.97. The molecule has 3 heteroatoms. The topological polar surface area (TPSA) is 43.8 Å². The molecule has 0 aromatic carbocycles. The molecule has 3 nitrogen and oxygen atoms in total. The second-order valence-electron chi connectivity index (χ2n) is 6.20. The van der Waals surface area contributed by atoms with Crippen LogP contribution in [0, 0.1) is 0 Å². The Morgan fingerprint density at radius 2 is 1.79 bits per heavy atom. The SMILES string of the molecule is CCC(CC)c1nc(C2CCCC2)n(C(C)C)c1N. The van der Waals surface area contributed by atoms with Gasteiger partial charge in [0.05, 0.1) is 5.69 Å². The summed E-state index contributed by atoms with van der Waals surface area (Å²) in [6.07, 6.45) is 7.50. The van der Waals surface area contributed by atoms with Crippen LogP contribution < -0.4 is 5.73 Å². The zero-order valence-corrected chi connectivity index (χ0v) is 12.9. The van der Waals surface area contributed by atoms with Gasteiger partial charge in [-0.2, -0.15) is 0 Å². The summed E-state index contributed by atoms with van der Waals surface area (Å²) in [7, 11) is 0. The summed E-state index contributed by atoms with van der Waals surface area (Å²) in [5, 5.41) is 0. The highest BCUT2D eigenvalue weighted by atomic mass is 15.2. The standard InChI is InChI=1S/C16H29N3/c1-5-12(6-2)14-15(17)19(11(3)4)16(18-14)13-9-7-8-10-13/h11-13H,5-10,17H2,1-4H3. The Kier molecular flexibility index (Phi) is 4.54. The lowest BCUT2D eigenvalue weighted by molar-refractivity contribution is 0.533. The van der Waals surface area contributed by atoms with Gasteiger partial charge in [0.25, 0.3) is 0 Å². The molecule has 0 bridgehead atoms. The van der Waals surface area contributed by atoms with Gasteiger partial charge in [-0.25, -0.2) is 4.98 Å². The molecule has 0 radical (unpaired) electrons. The molecule has 1 heterocycles. The molecule has 1 saturated carbocycles. The van der Waals surface area contributed by atoms with Crippen LogP contribution in [0.5, 0.6) is 0 Å². The molecule has 2 rings (SSSR count). The fourth-order valence-electron chi connectivity index (χ4n) is 3.47. The number of nitrogens with zero attached hydrogens (tertiary/aromatic N) is 2. The number of hydrogen-bond donors (Lipinski definition) is 1. The van der Waals surface area contributed by atoms with Crippen molar-refractivity contribution in [3.63, 3.8) is 0 Å². The van der Waals surface area contributed by atoms with Gasteiger partial charge in [0.15, 0.2) is 0 Å². The second kappa shape index (κ2) is 5.98. The maximum atomic E-state index is 6.43. The molecule has 0 amide bonds. The number of hydrogen-bond acceptors (Lipinski definition) is 2. The van der Waals surface area contributed by atoms with Gasteiger partial charge in [-0.1, -0.05) is 26.7 Å². The summed E-state index contributed by atoms with van der Waals surface area (Å²) in [4.78, 5) is 4.99. The molecule has 0 aliphatic heterocycles. The second-order valence-corrected chi connectivity index (χ2v) is 6.20. The van der Waals surface area contributed by atoms with E-state index in [2.05, 4.69) is 32.3 Å². The number of aromatic nitrogens is 2. The number of nitrogens with two attached hydrogens (primary N) is 1. The highest BCUT2D eigenvalue weighted by molar-refractivity contribution is 5.42. The lowest BCUT2D eigenvalue weighted by Gasteiger charge is -2.17. The van der Waals surface area contributed by atoms with Gasteiger partial charge in [-0.05, 0) is 39.5 Å². The van der Waals surface area contributed by atoms with Crippen molar-refractivity contribution in [2.75, 3.05) is 5.73 Å². The van der Waals surface area contributed by atoms with E-state index in [1.807, 2.05) is 0 Å². The summed E-state index contributed by atoms with van der Waals surface area (Å²) in [5.41, 5.74) is 7.58. The van der Waals surface area contributed by atoms with E-state index in [4.69, 9.17) is 10.7 Å². The maximum Gasteiger partial charge on any atom is 0.127 e. The monoisotopic (exact) mass is 263 g/mol. The highest BCUT2D eigenvalue weighted by Gasteiger charge is 2.28. The molecule has 108 valence electrons. The van der Waals surface area contributed by atoms with Crippen molar-refractivity contribution in [3.8, 4) is 0 Å². The molecule has 1 aliphatic carbocycles. The number of nitrogen functional groups attached to an aromatic ring is 1. The summed E-state index contributed by atoms with van der Waals surface area (Å²) < 4.78 is 2.30. The molecule has 0 saturated heterocycles. The molecule has 19 heavy (non-hydrogen) atoms. The van der Waals surface area contributed by atoms with E-state index in [-0.39, 0.29) is 0 Å². The summed E-state index contributed by atoms with van der Waals surface area (Å²) in [6, 6.07) is 0.409. The normalized spacial score (nSPS) is 16.9. The van der Waals surface area contributed by atoms with Gasteiger partial charge >= 0.3 is 0 Å². The van der Waals surface area contributed by atoms with Crippen LogP contribution in [0.1, 0.15) is 95.6 Å². The predicted molar refractivity (Wildman–Crippen MR) is 81.6 cm³/mol. The van der Waals surface area contributed by atoms with E-state index in [1.54, 1.807) is 0 Å². The zero-order valence-electron chi connectivity index (χ0n) is 12.9. The first kappa shape index (κ1) is 14.4. The van der Waals surface area contributed by atoms with Crippen LogP contribution >= 0.6 is 0 Å². The third-order valence-corrected chi connectivity index (χ3v) is 4.61. The molecule has 0 unspecified atom stereocenters. The summed E-state index contributed by atoms with van der Waals surface area (Å²) in [6.45, 7) is 8.90. The Hall–Kier alpha value is -0.990. The first-order chi connectivity index (χ1) is 9.10. The smallest absolute Gasteiger partial charge is 0.127 e. The van der Waals surface area contributed by atoms with E-state index in [9.17, 15) is 0 Å². The average molecular weight is 263 g/mol. The molecular formula is C16H29N3. The number of anilines is 1. The van der Waals surface area contributed by atoms with Crippen LogP contribution in [0.2, 0.25) is 0 Å². The third-order valence-electron chi connectivity index (χ3n) is 4.61. The van der Waals surface area contributed by atoms with Crippen LogP contribution in [-0.4, -0.2) is 9.55 Å². The lowest BCUT2D eigenvalue weighted by atomic mass is 9.99. The van der Waals surface area contributed by atoms with E-state index >= 15 is 0 Å². The van der Waals surface area contributed by atoms with E-state index in [1.165, 1.54) is 31.5 Å². The van der Waals surface area contributed by atoms with Crippen LogP contribution in [-0.2, 0) is 0 Å². The fourth-order valence-corrected chi connectivity index (χ4v) is 3.47. The van der Waals surface area contributed by atoms with Crippen LogP contribution in [0.4, 0.5) is 5.82 Å². The van der Waals surface area contributed by atoms with Gasteiger partial charge in [-0.15, -0.1) is 0 Å². The Bertz CT molecular complexity index is 410. The van der Waals surface area contributed by atoms with E-state index in [0.717, 1.165) is 24.4 Å². The van der Waals surface area contributed by atoms with Gasteiger partial charge in [0.2, 0.25) is 0 Å². The van der Waals surface area contributed by atoms with Crippen LogP contribution in [0.3, 0.4) is 0 Å². The van der Waals surface area contributed by atoms with Crippen LogP contribution in [0.25, 0.3) is 0 Å². The number of imidazole rings is 1. The van der Waals surface area contributed by atoms with Crippen molar-refractivity contribution in [3.05, 3.63) is 11.5 Å². The lowest BCUT2D eigenvalue weighted by Crippen LogP contribution is -2.12. The molecule has 1 aromatic rings. The van der Waals surface area contributed by atoms with Gasteiger partial charge < -0.3 is 10.3 Å². The minimum atomic E-state index is 0.409. The largest absolute Gasteiger partial charge is 0.384 e. The Morgan fingerprint density at radius 3 is 2.26 bits per heavy atom. The number of rotatable bonds is 5. The van der Waals surface area contributed by atoms with Crippen molar-refractivity contribution in [2.24, 2.45) is 0 Å². The third kappa shape index (κ3) is 2.65. The van der Waals surface area contributed by atoms with E-state index in [0.29, 0.717) is 17.9 Å². The first-order valence-electron chi connectivity index (χ1n) is 7.97. The molecule has 2 N–H and O–H groups in total. The molecule has 1 aliphatic rings. The minimum absolute atomic E-state index is 0.409. The molecule has 1 fully saturated rings. The minimum Gasteiger partial charge on any atom is -0.384 e. The zero-order chi connectivity index (χ0) is 14.0. The van der Waals surface area contributed by atoms with Gasteiger partial charge in [0, 0.05) is 17.9 Å². The van der Waals surface area contributed by atoms with Crippen molar-refractivity contribution >= 4 is 5.82 Å². The quantitative estimate of drug-likeness (QED) is 0.843. The van der Waals surface area contributed by atoms with Crippen molar-refractivity contribution in [2.45, 2.75) is 84.1 Å². The summed E-state index contributed by atoms with van der Waals surface area (Å²) >= 11 is 0. The van der Waals surface area contributed by atoms with Crippen molar-refractivity contribution in [1.29, 1.82) is 0 Å². The Balaban J connectivity index is 2.43. The van der Waals surface area contributed by atoms with Gasteiger partial charge in [0.1, 0.15) is 11.6 Å². The van der Waals surface area contributed by atoms with E-state index < -0.39 is 0 Å². The maximum absolute atomic E-state index is 6.43. The molecule has 1 aromatic heterocycles. The molecule has 0 atom stereocenters. The highest BCUT2D eigenvalue weighted by Crippen LogP contribution is 2.39. The Labute approximate surface area is 117 Å². The molecular weight excluding hydrogens is 234 g/mol.